The van der Waals surface area contributed by atoms with Gasteiger partial charge in [0.2, 0.25) is 5.91 Å². The third-order valence-electron chi connectivity index (χ3n) is 4.29. The Hall–Kier alpha value is -2.82. The second kappa shape index (κ2) is 7.38. The van der Waals surface area contributed by atoms with Gasteiger partial charge in [-0.3, -0.25) is 9.59 Å². The molecule has 1 heterocycles. The van der Waals surface area contributed by atoms with Gasteiger partial charge in [-0.15, -0.1) is 0 Å². The maximum Gasteiger partial charge on any atom is 0.254 e. The van der Waals surface area contributed by atoms with Crippen molar-refractivity contribution >= 4 is 17.5 Å². The molecule has 0 unspecified atom stereocenters. The van der Waals surface area contributed by atoms with Gasteiger partial charge in [0.25, 0.3) is 5.91 Å². The zero-order valence-corrected chi connectivity index (χ0v) is 14.5. The quantitative estimate of drug-likeness (QED) is 0.881. The molecule has 5 heteroatoms. The highest BCUT2D eigenvalue weighted by Gasteiger charge is 2.37. The second-order valence-electron chi connectivity index (χ2n) is 6.03. The number of benzene rings is 2. The van der Waals surface area contributed by atoms with E-state index in [4.69, 9.17) is 4.74 Å². The maximum absolute atomic E-state index is 12.8. The summed E-state index contributed by atoms with van der Waals surface area (Å²) in [5.74, 6) is 0.442. The van der Waals surface area contributed by atoms with E-state index in [1.165, 1.54) is 6.92 Å². The predicted octanol–water partition coefficient (Wildman–Crippen LogP) is 2.85. The fourth-order valence-electron chi connectivity index (χ4n) is 3.05. The predicted molar refractivity (Wildman–Crippen MR) is 96.7 cm³/mol. The van der Waals surface area contributed by atoms with E-state index in [-0.39, 0.29) is 11.8 Å². The Labute approximate surface area is 147 Å². The van der Waals surface area contributed by atoms with Crippen LogP contribution in [0.1, 0.15) is 31.0 Å². The van der Waals surface area contributed by atoms with Crippen molar-refractivity contribution < 1.29 is 14.3 Å². The van der Waals surface area contributed by atoms with Crippen LogP contribution < -0.4 is 15.0 Å². The van der Waals surface area contributed by atoms with Crippen LogP contribution in [0.5, 0.6) is 5.75 Å². The summed E-state index contributed by atoms with van der Waals surface area (Å²) in [6.45, 7) is 4.31. The molecule has 2 aromatic rings. The van der Waals surface area contributed by atoms with E-state index in [9.17, 15) is 9.59 Å². The molecule has 0 saturated carbocycles. The standard InChI is InChI=1S/C20H22N2O3/c1-3-15-9-10-18-17(13-15)19(21-14(2)23)20(24)22(18)11-12-25-16-7-5-4-6-8-16/h4-10,13,19H,3,11-12H2,1-2H3,(H,21,23)/t19-/m1/s1. The van der Waals surface area contributed by atoms with E-state index in [1.54, 1.807) is 4.90 Å². The van der Waals surface area contributed by atoms with Crippen LogP contribution in [-0.4, -0.2) is 25.0 Å². The van der Waals surface area contributed by atoms with Crippen LogP contribution in [0.25, 0.3) is 0 Å². The number of hydrogen-bond donors (Lipinski definition) is 1. The molecule has 1 aliphatic rings. The van der Waals surface area contributed by atoms with Gasteiger partial charge in [-0.05, 0) is 30.2 Å². The molecule has 1 atom stereocenters. The summed E-state index contributed by atoms with van der Waals surface area (Å²) in [7, 11) is 0. The van der Waals surface area contributed by atoms with Crippen molar-refractivity contribution in [3.63, 3.8) is 0 Å². The summed E-state index contributed by atoms with van der Waals surface area (Å²) in [5.41, 5.74) is 2.85. The highest BCUT2D eigenvalue weighted by Crippen LogP contribution is 2.36. The number of ether oxygens (including phenoxy) is 1. The highest BCUT2D eigenvalue weighted by molar-refractivity contribution is 6.06. The van der Waals surface area contributed by atoms with Crippen LogP contribution in [0.4, 0.5) is 5.69 Å². The molecule has 0 fully saturated rings. The molecule has 2 aromatic carbocycles. The lowest BCUT2D eigenvalue weighted by atomic mass is 10.0. The number of hydrogen-bond acceptors (Lipinski definition) is 3. The van der Waals surface area contributed by atoms with Crippen LogP contribution in [0.15, 0.2) is 48.5 Å². The number of nitrogens with one attached hydrogen (secondary N) is 1. The number of fused-ring (bicyclic) bond motifs is 1. The molecule has 0 saturated heterocycles. The Balaban J connectivity index is 1.78. The van der Waals surface area contributed by atoms with Gasteiger partial charge in [-0.2, -0.15) is 0 Å². The van der Waals surface area contributed by atoms with Gasteiger partial charge >= 0.3 is 0 Å². The summed E-state index contributed by atoms with van der Waals surface area (Å²) < 4.78 is 5.71. The van der Waals surface area contributed by atoms with Crippen molar-refractivity contribution in [3.8, 4) is 5.75 Å². The largest absolute Gasteiger partial charge is 0.492 e. The SMILES string of the molecule is CCc1ccc2c(c1)[C@@H](NC(C)=O)C(=O)N2CCOc1ccccc1. The first kappa shape index (κ1) is 17.0. The lowest BCUT2D eigenvalue weighted by Crippen LogP contribution is -2.38. The minimum atomic E-state index is -0.615. The Kier molecular flexibility index (Phi) is 5.03. The van der Waals surface area contributed by atoms with Crippen molar-refractivity contribution in [1.29, 1.82) is 0 Å². The van der Waals surface area contributed by atoms with E-state index in [0.29, 0.717) is 13.2 Å². The molecule has 3 rings (SSSR count). The number of carbonyl (C=O) groups is 2. The molecule has 25 heavy (non-hydrogen) atoms. The topological polar surface area (TPSA) is 58.6 Å². The highest BCUT2D eigenvalue weighted by atomic mass is 16.5. The van der Waals surface area contributed by atoms with Crippen LogP contribution in [0.2, 0.25) is 0 Å². The summed E-state index contributed by atoms with van der Waals surface area (Å²) in [4.78, 5) is 26.0. The van der Waals surface area contributed by atoms with Gasteiger partial charge in [-0.1, -0.05) is 37.3 Å². The first-order valence-corrected chi connectivity index (χ1v) is 8.49. The zero-order chi connectivity index (χ0) is 17.8. The smallest absolute Gasteiger partial charge is 0.254 e. The second-order valence-corrected chi connectivity index (χ2v) is 6.03. The van der Waals surface area contributed by atoms with E-state index in [2.05, 4.69) is 12.2 Å². The third kappa shape index (κ3) is 3.65. The Morgan fingerprint density at radius 2 is 1.96 bits per heavy atom. The van der Waals surface area contributed by atoms with Crippen LogP contribution in [0, 0.1) is 0 Å². The number of para-hydroxylation sites is 1. The lowest BCUT2D eigenvalue weighted by molar-refractivity contribution is -0.126. The van der Waals surface area contributed by atoms with Crippen LogP contribution in [-0.2, 0) is 16.0 Å². The number of amides is 2. The van der Waals surface area contributed by atoms with Gasteiger partial charge in [0.1, 0.15) is 18.4 Å². The summed E-state index contributed by atoms with van der Waals surface area (Å²) in [5, 5.41) is 2.77. The number of carbonyl (C=O) groups excluding carboxylic acids is 2. The molecule has 0 radical (unpaired) electrons. The van der Waals surface area contributed by atoms with Crippen molar-refractivity contribution in [2.75, 3.05) is 18.1 Å². The zero-order valence-electron chi connectivity index (χ0n) is 14.5. The van der Waals surface area contributed by atoms with E-state index in [0.717, 1.165) is 29.0 Å². The molecule has 0 spiro atoms. The van der Waals surface area contributed by atoms with Crippen LogP contribution in [0.3, 0.4) is 0 Å². The molecule has 5 nitrogen and oxygen atoms in total. The minimum absolute atomic E-state index is 0.116. The average molecular weight is 338 g/mol. The first-order valence-electron chi connectivity index (χ1n) is 8.49. The van der Waals surface area contributed by atoms with Gasteiger partial charge < -0.3 is 15.0 Å². The van der Waals surface area contributed by atoms with Gasteiger partial charge in [0.05, 0.1) is 6.54 Å². The molecule has 0 aliphatic carbocycles. The lowest BCUT2D eigenvalue weighted by Gasteiger charge is -2.18. The van der Waals surface area contributed by atoms with E-state index < -0.39 is 6.04 Å². The average Bonchev–Trinajstić information content (AvgIpc) is 2.87. The number of aryl methyl sites for hydroxylation is 1. The Morgan fingerprint density at radius 3 is 2.64 bits per heavy atom. The molecule has 130 valence electrons. The first-order chi connectivity index (χ1) is 12.1. The van der Waals surface area contributed by atoms with Crippen molar-refractivity contribution in [1.82, 2.24) is 5.32 Å². The molecule has 1 N–H and O–H groups in total. The van der Waals surface area contributed by atoms with Gasteiger partial charge in [-0.25, -0.2) is 0 Å². The summed E-state index contributed by atoms with van der Waals surface area (Å²) in [6.07, 6.45) is 0.880. The fraction of sp³-hybridized carbons (Fsp3) is 0.300. The molecule has 2 amide bonds. The third-order valence-corrected chi connectivity index (χ3v) is 4.29. The van der Waals surface area contributed by atoms with Gasteiger partial charge in [0.15, 0.2) is 0 Å². The monoisotopic (exact) mass is 338 g/mol. The van der Waals surface area contributed by atoms with E-state index in [1.807, 2.05) is 48.5 Å². The Morgan fingerprint density at radius 1 is 1.20 bits per heavy atom. The molecule has 1 aliphatic heterocycles. The number of anilines is 1. The molecular weight excluding hydrogens is 316 g/mol. The van der Waals surface area contributed by atoms with Crippen molar-refractivity contribution in [2.24, 2.45) is 0 Å². The molecule has 0 aromatic heterocycles. The molecular formula is C20H22N2O3. The Bertz CT molecular complexity index is 774. The fourth-order valence-corrected chi connectivity index (χ4v) is 3.05. The van der Waals surface area contributed by atoms with Crippen LogP contribution >= 0.6 is 0 Å². The van der Waals surface area contributed by atoms with E-state index >= 15 is 0 Å². The summed E-state index contributed by atoms with van der Waals surface area (Å²) in [6, 6.07) is 14.9. The normalized spacial score (nSPS) is 15.8. The number of nitrogens with zero attached hydrogens (tertiary/aromatic N) is 1. The van der Waals surface area contributed by atoms with Crippen molar-refractivity contribution in [3.05, 3.63) is 59.7 Å². The minimum Gasteiger partial charge on any atom is -0.492 e. The number of rotatable bonds is 6. The van der Waals surface area contributed by atoms with Crippen molar-refractivity contribution in [2.45, 2.75) is 26.3 Å². The van der Waals surface area contributed by atoms with Gasteiger partial charge in [0, 0.05) is 18.2 Å². The molecule has 0 bridgehead atoms. The maximum atomic E-state index is 12.8. The summed E-state index contributed by atoms with van der Waals surface area (Å²) >= 11 is 0.